The van der Waals surface area contributed by atoms with Crippen molar-refractivity contribution >= 4 is 0 Å². The van der Waals surface area contributed by atoms with E-state index in [1.54, 1.807) is 0 Å². The van der Waals surface area contributed by atoms with Gasteiger partial charge in [0.15, 0.2) is 0 Å². The van der Waals surface area contributed by atoms with Gasteiger partial charge in [-0.3, -0.25) is 0 Å². The number of likely N-dealkylation sites (N-methyl/N-ethyl adjacent to an activating group) is 1. The second-order valence-corrected chi connectivity index (χ2v) is 5.34. The van der Waals surface area contributed by atoms with Gasteiger partial charge < -0.3 is 14.8 Å². The summed E-state index contributed by atoms with van der Waals surface area (Å²) in [6.07, 6.45) is 2.40. The third-order valence-electron chi connectivity index (χ3n) is 3.81. The van der Waals surface area contributed by atoms with Crippen LogP contribution >= 0.6 is 0 Å². The van der Waals surface area contributed by atoms with Crippen LogP contribution in [0.5, 0.6) is 5.75 Å². The van der Waals surface area contributed by atoms with E-state index >= 15 is 0 Å². The van der Waals surface area contributed by atoms with Gasteiger partial charge in [-0.05, 0) is 38.4 Å². The lowest BCUT2D eigenvalue weighted by atomic mass is 9.85. The number of nitrogens with one attached hydrogen (secondary N) is 1. The van der Waals surface area contributed by atoms with Gasteiger partial charge >= 0.3 is 0 Å². The molecule has 3 heteroatoms. The Balaban J connectivity index is 2.02. The lowest BCUT2D eigenvalue weighted by molar-refractivity contribution is -0.106. The van der Waals surface area contributed by atoms with Crippen molar-refractivity contribution in [2.75, 3.05) is 13.7 Å². The third-order valence-corrected chi connectivity index (χ3v) is 3.81. The fourth-order valence-corrected chi connectivity index (χ4v) is 2.59. The van der Waals surface area contributed by atoms with Gasteiger partial charge in [0, 0.05) is 19.1 Å². The van der Waals surface area contributed by atoms with Crippen LogP contribution in [0.15, 0.2) is 18.2 Å². The first-order valence-electron chi connectivity index (χ1n) is 7.19. The van der Waals surface area contributed by atoms with Crippen LogP contribution in [0.25, 0.3) is 0 Å². The highest BCUT2D eigenvalue weighted by Gasteiger charge is 2.43. The Bertz CT molecular complexity index is 399. The Morgan fingerprint density at radius 3 is 2.53 bits per heavy atom. The summed E-state index contributed by atoms with van der Waals surface area (Å²) in [6, 6.07) is 6.68. The van der Waals surface area contributed by atoms with Crippen LogP contribution < -0.4 is 10.1 Å². The monoisotopic (exact) mass is 263 g/mol. The molecule has 2 rings (SSSR count). The van der Waals surface area contributed by atoms with E-state index in [0.29, 0.717) is 6.04 Å². The summed E-state index contributed by atoms with van der Waals surface area (Å²) in [5, 5.41) is 3.30. The van der Waals surface area contributed by atoms with E-state index < -0.39 is 0 Å². The van der Waals surface area contributed by atoms with Crippen LogP contribution in [0.4, 0.5) is 0 Å². The zero-order chi connectivity index (χ0) is 13.8. The molecule has 1 fully saturated rings. The van der Waals surface area contributed by atoms with E-state index in [2.05, 4.69) is 44.3 Å². The van der Waals surface area contributed by atoms with Gasteiger partial charge in [-0.15, -0.1) is 0 Å². The molecule has 3 nitrogen and oxygen atoms in total. The van der Waals surface area contributed by atoms with Crippen LogP contribution in [0.1, 0.15) is 30.9 Å². The number of ether oxygens (including phenoxy) is 2. The van der Waals surface area contributed by atoms with Crippen molar-refractivity contribution in [2.45, 2.75) is 51.9 Å². The molecule has 1 aromatic rings. The van der Waals surface area contributed by atoms with Gasteiger partial charge in [0.2, 0.25) is 0 Å². The van der Waals surface area contributed by atoms with Gasteiger partial charge in [0.1, 0.15) is 18.0 Å². The quantitative estimate of drug-likeness (QED) is 0.856. The average Bonchev–Trinajstić information content (AvgIpc) is 2.37. The molecule has 0 radical (unpaired) electrons. The molecule has 1 aromatic carbocycles. The molecule has 19 heavy (non-hydrogen) atoms. The normalized spacial score (nSPS) is 26.0. The van der Waals surface area contributed by atoms with E-state index in [1.807, 2.05) is 7.05 Å². The smallest absolute Gasteiger partial charge is 0.128 e. The van der Waals surface area contributed by atoms with Gasteiger partial charge in [-0.25, -0.2) is 0 Å². The summed E-state index contributed by atoms with van der Waals surface area (Å²) in [5.41, 5.74) is 2.39. The van der Waals surface area contributed by atoms with Crippen molar-refractivity contribution in [2.24, 2.45) is 0 Å². The molecule has 0 spiro atoms. The van der Waals surface area contributed by atoms with Crippen molar-refractivity contribution in [1.82, 2.24) is 5.32 Å². The van der Waals surface area contributed by atoms with Crippen LogP contribution in [-0.4, -0.2) is 31.9 Å². The molecule has 0 aliphatic heterocycles. The molecule has 1 aliphatic rings. The SMILES string of the molecule is CCCOC1C(NC)CC1Oc1c(C)cccc1C. The zero-order valence-corrected chi connectivity index (χ0v) is 12.4. The first-order valence-corrected chi connectivity index (χ1v) is 7.19. The first-order chi connectivity index (χ1) is 9.17. The van der Waals surface area contributed by atoms with Crippen molar-refractivity contribution in [3.8, 4) is 5.75 Å². The van der Waals surface area contributed by atoms with E-state index in [9.17, 15) is 0 Å². The molecule has 106 valence electrons. The van der Waals surface area contributed by atoms with Gasteiger partial charge in [-0.1, -0.05) is 25.1 Å². The van der Waals surface area contributed by atoms with Crippen LogP contribution in [0.2, 0.25) is 0 Å². The molecule has 1 N–H and O–H groups in total. The van der Waals surface area contributed by atoms with Crippen molar-refractivity contribution < 1.29 is 9.47 Å². The van der Waals surface area contributed by atoms with Gasteiger partial charge in [0.25, 0.3) is 0 Å². The maximum absolute atomic E-state index is 6.19. The molecular weight excluding hydrogens is 238 g/mol. The molecular formula is C16H25NO2. The van der Waals surface area contributed by atoms with Gasteiger partial charge in [-0.2, -0.15) is 0 Å². The van der Waals surface area contributed by atoms with Crippen molar-refractivity contribution in [3.63, 3.8) is 0 Å². The Labute approximate surface area is 116 Å². The van der Waals surface area contributed by atoms with Crippen LogP contribution in [-0.2, 0) is 4.74 Å². The molecule has 1 saturated carbocycles. The molecule has 0 bridgehead atoms. The number of aryl methyl sites for hydroxylation is 2. The molecule has 0 aromatic heterocycles. The second kappa shape index (κ2) is 6.40. The molecule has 1 aliphatic carbocycles. The van der Waals surface area contributed by atoms with E-state index in [-0.39, 0.29) is 12.2 Å². The fraction of sp³-hybridized carbons (Fsp3) is 0.625. The van der Waals surface area contributed by atoms with E-state index in [1.165, 1.54) is 11.1 Å². The predicted octanol–water partition coefficient (Wildman–Crippen LogP) is 2.84. The van der Waals surface area contributed by atoms with Crippen molar-refractivity contribution in [1.29, 1.82) is 0 Å². The highest BCUT2D eigenvalue weighted by molar-refractivity contribution is 5.40. The van der Waals surface area contributed by atoms with Crippen molar-refractivity contribution in [3.05, 3.63) is 29.3 Å². The minimum atomic E-state index is 0.170. The molecule has 0 amide bonds. The number of para-hydroxylation sites is 1. The second-order valence-electron chi connectivity index (χ2n) is 5.34. The highest BCUT2D eigenvalue weighted by Crippen LogP contribution is 2.32. The van der Waals surface area contributed by atoms with Crippen LogP contribution in [0.3, 0.4) is 0 Å². The maximum atomic E-state index is 6.19. The topological polar surface area (TPSA) is 30.5 Å². The third kappa shape index (κ3) is 3.10. The largest absolute Gasteiger partial charge is 0.487 e. The Hall–Kier alpha value is -1.06. The molecule has 3 atom stereocenters. The Morgan fingerprint density at radius 1 is 1.26 bits per heavy atom. The predicted molar refractivity (Wildman–Crippen MR) is 77.8 cm³/mol. The number of benzene rings is 1. The zero-order valence-electron chi connectivity index (χ0n) is 12.4. The number of rotatable bonds is 6. The fourth-order valence-electron chi connectivity index (χ4n) is 2.59. The first kappa shape index (κ1) is 14.4. The number of hydrogen-bond acceptors (Lipinski definition) is 3. The van der Waals surface area contributed by atoms with Gasteiger partial charge in [0.05, 0.1) is 0 Å². The van der Waals surface area contributed by atoms with E-state index in [0.717, 1.165) is 25.2 Å². The molecule has 3 unspecified atom stereocenters. The summed E-state index contributed by atoms with van der Waals surface area (Å²) in [6.45, 7) is 7.13. The Morgan fingerprint density at radius 2 is 1.95 bits per heavy atom. The number of hydrogen-bond donors (Lipinski definition) is 1. The minimum Gasteiger partial charge on any atom is -0.487 e. The summed E-state index contributed by atoms with van der Waals surface area (Å²) >= 11 is 0. The average molecular weight is 263 g/mol. The lowest BCUT2D eigenvalue weighted by Gasteiger charge is -2.44. The maximum Gasteiger partial charge on any atom is 0.128 e. The van der Waals surface area contributed by atoms with Crippen LogP contribution in [0, 0.1) is 13.8 Å². The lowest BCUT2D eigenvalue weighted by Crippen LogP contribution is -2.60. The minimum absolute atomic E-state index is 0.170. The Kier molecular flexibility index (Phi) is 4.83. The highest BCUT2D eigenvalue weighted by atomic mass is 16.5. The molecule has 0 saturated heterocycles. The van der Waals surface area contributed by atoms with E-state index in [4.69, 9.17) is 9.47 Å². The summed E-state index contributed by atoms with van der Waals surface area (Å²) in [7, 11) is 1.99. The molecule has 0 heterocycles. The summed E-state index contributed by atoms with van der Waals surface area (Å²) in [4.78, 5) is 0. The standard InChI is InChI=1S/C16H25NO2/c1-5-9-18-16-13(17-4)10-14(16)19-15-11(2)7-6-8-12(15)3/h6-8,13-14,16-17H,5,9-10H2,1-4H3. The summed E-state index contributed by atoms with van der Waals surface area (Å²) < 4.78 is 12.1. The summed E-state index contributed by atoms with van der Waals surface area (Å²) in [5.74, 6) is 1.02.